The molecule has 1 aliphatic rings. The van der Waals surface area contributed by atoms with Gasteiger partial charge in [0.25, 0.3) is 0 Å². The van der Waals surface area contributed by atoms with Gasteiger partial charge in [-0.2, -0.15) is 0 Å². The summed E-state index contributed by atoms with van der Waals surface area (Å²) in [5, 5.41) is 0. The highest BCUT2D eigenvalue weighted by molar-refractivity contribution is 7.14. The Morgan fingerprint density at radius 2 is 2.25 bits per heavy atom. The first-order chi connectivity index (χ1) is 11.5. The number of esters is 2. The Morgan fingerprint density at radius 3 is 2.92 bits per heavy atom. The van der Waals surface area contributed by atoms with Gasteiger partial charge in [0, 0.05) is 10.4 Å². The molecule has 24 heavy (non-hydrogen) atoms. The van der Waals surface area contributed by atoms with Crippen LogP contribution in [0.25, 0.3) is 6.08 Å². The van der Waals surface area contributed by atoms with Crippen LogP contribution in [0.5, 0.6) is 0 Å². The zero-order valence-corrected chi connectivity index (χ0v) is 14.2. The summed E-state index contributed by atoms with van der Waals surface area (Å²) < 4.78 is 15.0. The lowest BCUT2D eigenvalue weighted by Crippen LogP contribution is -2.04. The second kappa shape index (κ2) is 6.45. The van der Waals surface area contributed by atoms with Crippen molar-refractivity contribution in [2.75, 3.05) is 7.11 Å². The molecule has 0 aliphatic carbocycles. The van der Waals surface area contributed by atoms with Crippen molar-refractivity contribution in [1.29, 1.82) is 0 Å². The van der Waals surface area contributed by atoms with Crippen molar-refractivity contribution in [1.82, 2.24) is 0 Å². The van der Waals surface area contributed by atoms with Crippen molar-refractivity contribution in [3.05, 3.63) is 50.7 Å². The Balaban J connectivity index is 1.94. The molecule has 1 aliphatic heterocycles. The van der Waals surface area contributed by atoms with Crippen molar-refractivity contribution in [3.63, 3.8) is 0 Å². The number of carbonyl (C=O) groups excluding carboxylic acids is 2. The maximum atomic E-state index is 12.0. The van der Waals surface area contributed by atoms with Crippen molar-refractivity contribution in [2.45, 2.75) is 20.3 Å². The molecule has 0 aromatic carbocycles. The molecule has 0 N–H and O–H groups in total. The van der Waals surface area contributed by atoms with E-state index in [1.165, 1.54) is 24.3 Å². The van der Waals surface area contributed by atoms with Crippen LogP contribution in [0.1, 0.15) is 38.4 Å². The zero-order chi connectivity index (χ0) is 17.3. The van der Waals surface area contributed by atoms with Crippen molar-refractivity contribution in [3.8, 4) is 0 Å². The predicted octanol–water partition coefficient (Wildman–Crippen LogP) is 3.34. The van der Waals surface area contributed by atoms with Crippen LogP contribution in [0.2, 0.25) is 0 Å². The second-order valence-corrected chi connectivity index (χ2v) is 6.24. The summed E-state index contributed by atoms with van der Waals surface area (Å²) in [4.78, 5) is 29.9. The van der Waals surface area contributed by atoms with Crippen LogP contribution >= 0.6 is 11.3 Å². The van der Waals surface area contributed by atoms with Crippen LogP contribution in [-0.4, -0.2) is 24.9 Å². The van der Waals surface area contributed by atoms with Gasteiger partial charge < -0.3 is 13.9 Å². The normalized spacial score (nSPS) is 15.5. The number of thiophene rings is 1. The Hall–Kier alpha value is -2.67. The number of furan rings is 1. The minimum absolute atomic E-state index is 0.0155. The van der Waals surface area contributed by atoms with Crippen LogP contribution in [-0.2, 0) is 20.7 Å². The fraction of sp³-hybridized carbons (Fsp3) is 0.235. The molecule has 0 atom stereocenters. The molecule has 7 heteroatoms. The van der Waals surface area contributed by atoms with E-state index in [2.05, 4.69) is 16.7 Å². The largest absolute Gasteiger partial charge is 0.463 e. The Labute approximate surface area is 142 Å². The molecule has 3 rings (SSSR count). The molecule has 0 bridgehead atoms. The molecule has 0 unspecified atom stereocenters. The molecule has 0 saturated carbocycles. The quantitative estimate of drug-likeness (QED) is 0.627. The number of nitrogens with zero attached hydrogens (tertiary/aromatic N) is 1. The van der Waals surface area contributed by atoms with Gasteiger partial charge in [-0.1, -0.05) is 6.92 Å². The third kappa shape index (κ3) is 2.90. The molecular weight excluding hydrogens is 330 g/mol. The van der Waals surface area contributed by atoms with E-state index in [0.717, 1.165) is 16.9 Å². The van der Waals surface area contributed by atoms with Gasteiger partial charge in [0.2, 0.25) is 11.7 Å². The van der Waals surface area contributed by atoms with Crippen LogP contribution in [0, 0.1) is 6.92 Å². The Morgan fingerprint density at radius 1 is 1.46 bits per heavy atom. The van der Waals surface area contributed by atoms with Crippen LogP contribution in [0.15, 0.2) is 33.5 Å². The van der Waals surface area contributed by atoms with E-state index < -0.39 is 11.9 Å². The number of carbonyl (C=O) groups is 2. The highest BCUT2D eigenvalue weighted by Gasteiger charge is 2.27. The van der Waals surface area contributed by atoms with E-state index in [9.17, 15) is 9.59 Å². The number of aryl methyl sites for hydroxylation is 2. The summed E-state index contributed by atoms with van der Waals surface area (Å²) in [7, 11) is 1.26. The molecule has 0 saturated heterocycles. The minimum Gasteiger partial charge on any atom is -0.463 e. The van der Waals surface area contributed by atoms with Crippen LogP contribution < -0.4 is 0 Å². The van der Waals surface area contributed by atoms with Gasteiger partial charge in [-0.3, -0.25) is 0 Å². The average molecular weight is 345 g/mol. The maximum Gasteiger partial charge on any atom is 0.374 e. The average Bonchev–Trinajstić information content (AvgIpc) is 3.26. The summed E-state index contributed by atoms with van der Waals surface area (Å²) in [6.45, 7) is 4.09. The second-order valence-electron chi connectivity index (χ2n) is 5.10. The summed E-state index contributed by atoms with van der Waals surface area (Å²) in [6, 6.07) is 3.51. The number of hydrogen-bond acceptors (Lipinski definition) is 7. The van der Waals surface area contributed by atoms with E-state index in [-0.39, 0.29) is 17.4 Å². The van der Waals surface area contributed by atoms with Gasteiger partial charge in [-0.05, 0) is 37.1 Å². The zero-order valence-electron chi connectivity index (χ0n) is 13.4. The predicted molar refractivity (Wildman–Crippen MR) is 89.1 cm³/mol. The molecule has 6 nitrogen and oxygen atoms in total. The molecule has 124 valence electrons. The van der Waals surface area contributed by atoms with E-state index >= 15 is 0 Å². The molecule has 0 radical (unpaired) electrons. The lowest BCUT2D eigenvalue weighted by molar-refractivity contribution is -0.129. The first-order valence-electron chi connectivity index (χ1n) is 7.31. The van der Waals surface area contributed by atoms with Gasteiger partial charge in [0.05, 0.1) is 18.3 Å². The van der Waals surface area contributed by atoms with E-state index in [1.54, 1.807) is 17.4 Å². The van der Waals surface area contributed by atoms with Gasteiger partial charge >= 0.3 is 11.9 Å². The molecule has 3 heterocycles. The fourth-order valence-corrected chi connectivity index (χ4v) is 3.37. The maximum absolute atomic E-state index is 12.0. The van der Waals surface area contributed by atoms with Gasteiger partial charge in [-0.15, -0.1) is 11.3 Å². The number of methoxy groups -OCH3 is 1. The SMILES string of the molecule is CCc1sc(C2=N/C(=C/c3ccoc3C(=O)OC)C(=O)O2)cc1C. The highest BCUT2D eigenvalue weighted by Crippen LogP contribution is 2.27. The molecule has 2 aromatic heterocycles. The van der Waals surface area contributed by atoms with E-state index in [4.69, 9.17) is 9.15 Å². The fourth-order valence-electron chi connectivity index (χ4n) is 2.33. The third-order valence-electron chi connectivity index (χ3n) is 3.53. The molecule has 0 amide bonds. The monoisotopic (exact) mass is 345 g/mol. The first kappa shape index (κ1) is 16.2. The van der Waals surface area contributed by atoms with Crippen molar-refractivity contribution in [2.24, 2.45) is 4.99 Å². The third-order valence-corrected chi connectivity index (χ3v) is 4.90. The van der Waals surface area contributed by atoms with Crippen LogP contribution in [0.3, 0.4) is 0 Å². The summed E-state index contributed by atoms with van der Waals surface area (Å²) in [6.07, 6.45) is 3.71. The topological polar surface area (TPSA) is 78.1 Å². The van der Waals surface area contributed by atoms with Gasteiger partial charge in [-0.25, -0.2) is 14.6 Å². The van der Waals surface area contributed by atoms with Crippen LogP contribution in [0.4, 0.5) is 0 Å². The van der Waals surface area contributed by atoms with Gasteiger partial charge in [0.15, 0.2) is 5.70 Å². The lowest BCUT2D eigenvalue weighted by atomic mass is 10.2. The Kier molecular flexibility index (Phi) is 4.35. The van der Waals surface area contributed by atoms with Crippen molar-refractivity contribution < 1.29 is 23.5 Å². The first-order valence-corrected chi connectivity index (χ1v) is 8.13. The molecule has 0 fully saturated rings. The molecular formula is C17H15NO5S. The number of aliphatic imine (C=N–C) groups is 1. The summed E-state index contributed by atoms with van der Waals surface area (Å²) >= 11 is 1.55. The number of ether oxygens (including phenoxy) is 2. The summed E-state index contributed by atoms with van der Waals surface area (Å²) in [5.74, 6) is -0.890. The molecule has 0 spiro atoms. The summed E-state index contributed by atoms with van der Waals surface area (Å²) in [5.41, 5.74) is 1.67. The highest BCUT2D eigenvalue weighted by atomic mass is 32.1. The van der Waals surface area contributed by atoms with E-state index in [0.29, 0.717) is 5.56 Å². The number of rotatable bonds is 4. The van der Waals surface area contributed by atoms with E-state index in [1.807, 2.05) is 13.0 Å². The van der Waals surface area contributed by atoms with Crippen molar-refractivity contribution >= 4 is 35.2 Å². The van der Waals surface area contributed by atoms with Gasteiger partial charge in [0.1, 0.15) is 0 Å². The minimum atomic E-state index is -0.621. The number of hydrogen-bond donors (Lipinski definition) is 0. The standard InChI is InChI=1S/C17H15NO5S/c1-4-12-9(2)7-13(24-12)15-18-11(16(19)23-15)8-10-5-6-22-14(10)17(20)21-3/h5-8H,4H2,1-3H3/b11-8+. The Bertz CT molecular complexity index is 871. The smallest absolute Gasteiger partial charge is 0.374 e. The number of cyclic esters (lactones) is 1. The molecule has 2 aromatic rings. The lowest BCUT2D eigenvalue weighted by Gasteiger charge is -1.96.